The Bertz CT molecular complexity index is 1670. The second-order valence-electron chi connectivity index (χ2n) is 7.43. The summed E-state index contributed by atoms with van der Waals surface area (Å²) in [5.41, 5.74) is 5.62. The first-order valence-corrected chi connectivity index (χ1v) is 9.79. The number of aryl methyl sites for hydroxylation is 2. The van der Waals surface area contributed by atoms with Crippen LogP contribution < -0.4 is 0 Å². The molecule has 0 fully saturated rings. The molecule has 0 N–H and O–H groups in total. The normalized spacial score (nSPS) is 11.7. The van der Waals surface area contributed by atoms with Crippen molar-refractivity contribution in [1.29, 1.82) is 0 Å². The molecule has 0 spiro atoms. The highest BCUT2D eigenvalue weighted by atomic mass is 15.1. The van der Waals surface area contributed by atoms with Crippen molar-refractivity contribution < 1.29 is 0 Å². The number of hydrogen-bond donors (Lipinski definition) is 0. The minimum atomic E-state index is 0.650. The van der Waals surface area contributed by atoms with Gasteiger partial charge in [-0.15, -0.1) is 0 Å². The molecule has 0 aliphatic carbocycles. The first-order valence-electron chi connectivity index (χ1n) is 9.79. The van der Waals surface area contributed by atoms with Crippen molar-refractivity contribution in [3.05, 3.63) is 73.1 Å². The van der Waals surface area contributed by atoms with E-state index in [-0.39, 0.29) is 0 Å². The minimum Gasteiger partial charge on any atom is -0.327 e. The third-order valence-electron chi connectivity index (χ3n) is 5.67. The van der Waals surface area contributed by atoms with Crippen LogP contribution in [0.2, 0.25) is 0 Å². The average molecular weight is 390 g/mol. The quantitative estimate of drug-likeness (QED) is 0.373. The molecule has 6 rings (SSSR count). The molecule has 0 amide bonds. The molecular weight excluding hydrogens is 372 g/mol. The van der Waals surface area contributed by atoms with Gasteiger partial charge in [0.15, 0.2) is 0 Å². The molecule has 30 heavy (non-hydrogen) atoms. The van der Waals surface area contributed by atoms with Gasteiger partial charge in [-0.3, -0.25) is 4.98 Å². The summed E-state index contributed by atoms with van der Waals surface area (Å²) in [5, 5.41) is 2.90. The largest absolute Gasteiger partial charge is 0.327 e. The van der Waals surface area contributed by atoms with Crippen molar-refractivity contribution in [2.75, 3.05) is 0 Å². The number of fused-ring (bicyclic) bond motifs is 4. The van der Waals surface area contributed by atoms with Crippen molar-refractivity contribution in [1.82, 2.24) is 29.1 Å². The van der Waals surface area contributed by atoms with E-state index in [4.69, 9.17) is 19.9 Å². The maximum absolute atomic E-state index is 4.98. The van der Waals surface area contributed by atoms with Crippen LogP contribution in [0, 0.1) is 0 Å². The van der Waals surface area contributed by atoms with Gasteiger partial charge in [0.05, 0.1) is 27.6 Å². The van der Waals surface area contributed by atoms with Crippen molar-refractivity contribution in [2.45, 2.75) is 0 Å². The molecule has 0 saturated heterocycles. The number of rotatable bonds is 0. The SMILES string of the molecule is Cn1c2ncc3cccc4c3nc(c3ccccc3ncc3cccc1c3n2)n4C. The molecular formula is C24H18N6. The summed E-state index contributed by atoms with van der Waals surface area (Å²) >= 11 is 0. The minimum absolute atomic E-state index is 0.650. The lowest BCUT2D eigenvalue weighted by molar-refractivity contribution is 0.973. The highest BCUT2D eigenvalue weighted by Gasteiger charge is 2.09. The zero-order valence-corrected chi connectivity index (χ0v) is 16.6. The van der Waals surface area contributed by atoms with Gasteiger partial charge in [0.25, 0.3) is 0 Å². The Hall–Kier alpha value is -4.06. The molecule has 3 aromatic heterocycles. The number of aromatic nitrogens is 6. The molecule has 4 bridgehead atoms. The van der Waals surface area contributed by atoms with Crippen LogP contribution in [0.4, 0.5) is 0 Å². The third-order valence-corrected chi connectivity index (χ3v) is 5.67. The molecule has 3 heterocycles. The Balaban J connectivity index is 1.93. The second kappa shape index (κ2) is 6.22. The predicted molar refractivity (Wildman–Crippen MR) is 121 cm³/mol. The number of para-hydroxylation sites is 3. The van der Waals surface area contributed by atoms with Crippen LogP contribution in [0.15, 0.2) is 73.1 Å². The summed E-state index contributed by atoms with van der Waals surface area (Å²) in [5.74, 6) is 0.650. The Morgan fingerprint density at radius 2 is 1.30 bits per heavy atom. The van der Waals surface area contributed by atoms with Crippen molar-refractivity contribution in [3.63, 3.8) is 0 Å². The van der Waals surface area contributed by atoms with Gasteiger partial charge < -0.3 is 9.13 Å². The fourth-order valence-electron chi connectivity index (χ4n) is 4.07. The van der Waals surface area contributed by atoms with E-state index in [0.717, 1.165) is 49.4 Å². The van der Waals surface area contributed by atoms with E-state index >= 15 is 0 Å². The van der Waals surface area contributed by atoms with Crippen molar-refractivity contribution in [3.8, 4) is 0 Å². The van der Waals surface area contributed by atoms with Gasteiger partial charge in [-0.05, 0) is 24.3 Å². The van der Waals surface area contributed by atoms with Crippen LogP contribution in [-0.2, 0) is 14.1 Å². The summed E-state index contributed by atoms with van der Waals surface area (Å²) in [6, 6.07) is 20.3. The summed E-state index contributed by atoms with van der Waals surface area (Å²) in [4.78, 5) is 19.3. The Morgan fingerprint density at radius 3 is 2.10 bits per heavy atom. The third kappa shape index (κ3) is 2.37. The highest BCUT2D eigenvalue weighted by molar-refractivity contribution is 6.01. The molecule has 0 radical (unpaired) electrons. The van der Waals surface area contributed by atoms with E-state index in [2.05, 4.69) is 22.8 Å². The predicted octanol–water partition coefficient (Wildman–Crippen LogP) is 4.83. The summed E-state index contributed by atoms with van der Waals surface area (Å²) in [6.45, 7) is 0. The van der Waals surface area contributed by atoms with E-state index in [0.29, 0.717) is 5.78 Å². The Labute approximate surface area is 171 Å². The molecule has 144 valence electrons. The van der Waals surface area contributed by atoms with Gasteiger partial charge in [0.1, 0.15) is 5.65 Å². The van der Waals surface area contributed by atoms with Crippen LogP contribution in [0.5, 0.6) is 0 Å². The Kier molecular flexibility index (Phi) is 3.49. The summed E-state index contributed by atoms with van der Waals surface area (Å²) < 4.78 is 4.11. The monoisotopic (exact) mass is 390 g/mol. The lowest BCUT2D eigenvalue weighted by Gasteiger charge is -1.98. The molecule has 0 saturated carbocycles. The highest BCUT2D eigenvalue weighted by Crippen LogP contribution is 2.24. The van der Waals surface area contributed by atoms with Crippen LogP contribution in [0.1, 0.15) is 0 Å². The zero-order chi connectivity index (χ0) is 20.2. The van der Waals surface area contributed by atoms with Gasteiger partial charge in [-0.25, -0.2) is 15.0 Å². The fourth-order valence-corrected chi connectivity index (χ4v) is 4.07. The lowest BCUT2D eigenvalue weighted by Crippen LogP contribution is -1.88. The van der Waals surface area contributed by atoms with Crippen LogP contribution >= 0.6 is 0 Å². The molecule has 0 unspecified atom stereocenters. The second-order valence-corrected chi connectivity index (χ2v) is 7.43. The standard InChI is InChI=1S/C24H18N6/c1-29-19-11-5-8-16-14-26-24-28-22-15(7-6-12-20(22)30(24)2)13-25-18-10-4-3-9-17(18)23(29)27-21(16)19/h3-14H,1-2H3. The van der Waals surface area contributed by atoms with E-state index in [1.807, 2.05) is 73.5 Å². The van der Waals surface area contributed by atoms with E-state index in [9.17, 15) is 0 Å². The maximum Gasteiger partial charge on any atom is 0.230 e. The lowest BCUT2D eigenvalue weighted by atomic mass is 10.2. The number of imidazole rings is 2. The van der Waals surface area contributed by atoms with Crippen molar-refractivity contribution >= 4 is 55.2 Å². The first kappa shape index (κ1) is 16.9. The van der Waals surface area contributed by atoms with E-state index in [1.165, 1.54) is 0 Å². The maximum atomic E-state index is 4.98. The number of hydrogen-bond acceptors (Lipinski definition) is 4. The van der Waals surface area contributed by atoms with Crippen LogP contribution in [-0.4, -0.2) is 29.1 Å². The smallest absolute Gasteiger partial charge is 0.230 e. The van der Waals surface area contributed by atoms with E-state index in [1.54, 1.807) is 0 Å². The molecule has 0 aliphatic rings. The van der Waals surface area contributed by atoms with Gasteiger partial charge in [-0.1, -0.05) is 36.4 Å². The molecule has 0 atom stereocenters. The topological polar surface area (TPSA) is 61.4 Å². The fraction of sp³-hybridized carbons (Fsp3) is 0.0833. The van der Waals surface area contributed by atoms with Gasteiger partial charge in [0, 0.05) is 42.6 Å². The number of benzene rings is 3. The number of nitrogens with zero attached hydrogens (tertiary/aromatic N) is 6. The van der Waals surface area contributed by atoms with Gasteiger partial charge >= 0.3 is 0 Å². The average Bonchev–Trinajstić information content (AvgIpc) is 3.28. The Morgan fingerprint density at radius 1 is 0.633 bits per heavy atom. The molecule has 6 aromatic rings. The van der Waals surface area contributed by atoms with Crippen molar-refractivity contribution in [2.24, 2.45) is 14.1 Å². The van der Waals surface area contributed by atoms with Crippen LogP contribution in [0.25, 0.3) is 55.2 Å². The van der Waals surface area contributed by atoms with Crippen LogP contribution in [0.3, 0.4) is 0 Å². The first-order chi connectivity index (χ1) is 14.7. The molecule has 6 nitrogen and oxygen atoms in total. The molecule has 3 aromatic carbocycles. The van der Waals surface area contributed by atoms with E-state index < -0.39 is 0 Å². The summed E-state index contributed by atoms with van der Waals surface area (Å²) in [7, 11) is 4.02. The molecule has 0 aliphatic heterocycles. The van der Waals surface area contributed by atoms with Gasteiger partial charge in [-0.2, -0.15) is 0 Å². The summed E-state index contributed by atoms with van der Waals surface area (Å²) in [6.07, 6.45) is 3.73. The zero-order valence-electron chi connectivity index (χ0n) is 16.6. The van der Waals surface area contributed by atoms with Gasteiger partial charge in [0.2, 0.25) is 5.78 Å². The molecule has 6 heteroatoms.